The SMILES string of the molecule is Cc1ccc(CN(CC2CCCNC2)C2CC2)cn1. The van der Waals surface area contributed by atoms with Crippen molar-refractivity contribution in [3.63, 3.8) is 0 Å². The van der Waals surface area contributed by atoms with E-state index in [2.05, 4.69) is 34.3 Å². The summed E-state index contributed by atoms with van der Waals surface area (Å²) < 4.78 is 0. The largest absolute Gasteiger partial charge is 0.316 e. The zero-order valence-electron chi connectivity index (χ0n) is 11.9. The first-order chi connectivity index (χ1) is 9.31. The molecule has 3 heteroatoms. The molecule has 1 saturated heterocycles. The van der Waals surface area contributed by atoms with Gasteiger partial charge >= 0.3 is 0 Å². The molecule has 104 valence electrons. The number of nitrogens with zero attached hydrogens (tertiary/aromatic N) is 2. The van der Waals surface area contributed by atoms with Gasteiger partial charge in [-0.2, -0.15) is 0 Å². The molecule has 0 amide bonds. The molecular weight excluding hydrogens is 234 g/mol. The van der Waals surface area contributed by atoms with Crippen molar-refractivity contribution in [2.45, 2.75) is 45.2 Å². The maximum Gasteiger partial charge on any atom is 0.0372 e. The van der Waals surface area contributed by atoms with Gasteiger partial charge in [-0.3, -0.25) is 9.88 Å². The fraction of sp³-hybridized carbons (Fsp3) is 0.688. The second-order valence-corrected chi connectivity index (χ2v) is 6.18. The molecule has 2 aliphatic rings. The smallest absolute Gasteiger partial charge is 0.0372 e. The van der Waals surface area contributed by atoms with Crippen LogP contribution in [0.5, 0.6) is 0 Å². The number of hydrogen-bond donors (Lipinski definition) is 1. The fourth-order valence-electron chi connectivity index (χ4n) is 3.02. The molecule has 0 bridgehead atoms. The van der Waals surface area contributed by atoms with Crippen LogP contribution in [0.25, 0.3) is 0 Å². The molecule has 0 spiro atoms. The highest BCUT2D eigenvalue weighted by atomic mass is 15.2. The average molecular weight is 259 g/mol. The number of piperidine rings is 1. The molecular formula is C16H25N3. The molecule has 2 heterocycles. The topological polar surface area (TPSA) is 28.2 Å². The van der Waals surface area contributed by atoms with Crippen molar-refractivity contribution in [2.75, 3.05) is 19.6 Å². The van der Waals surface area contributed by atoms with Crippen LogP contribution in [0, 0.1) is 12.8 Å². The molecule has 19 heavy (non-hydrogen) atoms. The lowest BCUT2D eigenvalue weighted by atomic mass is 9.99. The summed E-state index contributed by atoms with van der Waals surface area (Å²) in [6, 6.07) is 5.20. The molecule has 1 aliphatic heterocycles. The van der Waals surface area contributed by atoms with E-state index >= 15 is 0 Å². The Hall–Kier alpha value is -0.930. The third kappa shape index (κ3) is 3.77. The summed E-state index contributed by atoms with van der Waals surface area (Å²) in [5.74, 6) is 0.841. The van der Waals surface area contributed by atoms with Gasteiger partial charge in [0.15, 0.2) is 0 Å². The van der Waals surface area contributed by atoms with E-state index < -0.39 is 0 Å². The van der Waals surface area contributed by atoms with Gasteiger partial charge in [-0.1, -0.05) is 6.07 Å². The molecule has 0 aromatic carbocycles. The third-order valence-electron chi connectivity index (χ3n) is 4.31. The van der Waals surface area contributed by atoms with Crippen LogP contribution in [0.3, 0.4) is 0 Å². The molecule has 1 unspecified atom stereocenters. The van der Waals surface area contributed by atoms with Gasteiger partial charge in [0, 0.05) is 31.0 Å². The molecule has 2 fully saturated rings. The van der Waals surface area contributed by atoms with Gasteiger partial charge in [-0.15, -0.1) is 0 Å². The van der Waals surface area contributed by atoms with Crippen molar-refractivity contribution in [3.05, 3.63) is 29.6 Å². The van der Waals surface area contributed by atoms with Gasteiger partial charge in [-0.25, -0.2) is 0 Å². The normalized spacial score (nSPS) is 23.8. The minimum atomic E-state index is 0.836. The molecule has 1 N–H and O–H groups in total. The Balaban J connectivity index is 1.59. The number of aromatic nitrogens is 1. The number of aryl methyl sites for hydroxylation is 1. The lowest BCUT2D eigenvalue weighted by Crippen LogP contribution is -2.39. The van der Waals surface area contributed by atoms with Crippen molar-refractivity contribution in [3.8, 4) is 0 Å². The van der Waals surface area contributed by atoms with Crippen LogP contribution in [0.1, 0.15) is 36.9 Å². The molecule has 1 saturated carbocycles. The highest BCUT2D eigenvalue weighted by Crippen LogP contribution is 2.29. The lowest BCUT2D eigenvalue weighted by Gasteiger charge is -2.30. The Morgan fingerprint density at radius 3 is 2.84 bits per heavy atom. The minimum absolute atomic E-state index is 0.836. The second kappa shape index (κ2) is 6.02. The monoisotopic (exact) mass is 259 g/mol. The minimum Gasteiger partial charge on any atom is -0.316 e. The second-order valence-electron chi connectivity index (χ2n) is 6.18. The molecule has 1 aromatic heterocycles. The highest BCUT2D eigenvalue weighted by molar-refractivity contribution is 5.13. The molecule has 3 nitrogen and oxygen atoms in total. The molecule has 1 aromatic rings. The Labute approximate surface area is 116 Å². The van der Waals surface area contributed by atoms with Gasteiger partial charge in [-0.05, 0) is 63.2 Å². The zero-order chi connectivity index (χ0) is 13.1. The first-order valence-electron chi connectivity index (χ1n) is 7.67. The quantitative estimate of drug-likeness (QED) is 0.880. The first-order valence-corrected chi connectivity index (χ1v) is 7.67. The summed E-state index contributed by atoms with van der Waals surface area (Å²) in [4.78, 5) is 7.10. The average Bonchev–Trinajstić information content (AvgIpc) is 3.26. The number of rotatable bonds is 5. The van der Waals surface area contributed by atoms with Crippen molar-refractivity contribution in [1.82, 2.24) is 15.2 Å². The Kier molecular flexibility index (Phi) is 4.14. The van der Waals surface area contributed by atoms with Crippen LogP contribution in [-0.2, 0) is 6.54 Å². The van der Waals surface area contributed by atoms with Crippen LogP contribution in [0.15, 0.2) is 18.3 Å². The van der Waals surface area contributed by atoms with Crippen LogP contribution in [0.4, 0.5) is 0 Å². The number of hydrogen-bond acceptors (Lipinski definition) is 3. The predicted octanol–water partition coefficient (Wildman–Crippen LogP) is 2.35. The summed E-state index contributed by atoms with van der Waals surface area (Å²) in [6.07, 6.45) is 7.56. The van der Waals surface area contributed by atoms with Gasteiger partial charge in [0.25, 0.3) is 0 Å². The Bertz CT molecular complexity index is 391. The van der Waals surface area contributed by atoms with Crippen LogP contribution >= 0.6 is 0 Å². The van der Waals surface area contributed by atoms with Crippen LogP contribution < -0.4 is 5.32 Å². The lowest BCUT2D eigenvalue weighted by molar-refractivity contribution is 0.192. The van der Waals surface area contributed by atoms with Gasteiger partial charge in [0.05, 0.1) is 0 Å². The number of nitrogens with one attached hydrogen (secondary N) is 1. The molecule has 3 rings (SSSR count). The van der Waals surface area contributed by atoms with Crippen molar-refractivity contribution >= 4 is 0 Å². The van der Waals surface area contributed by atoms with Crippen LogP contribution in [0.2, 0.25) is 0 Å². The standard InChI is InChI=1S/C16H25N3/c1-13-4-5-15(10-18-13)12-19(16-6-7-16)11-14-3-2-8-17-9-14/h4-5,10,14,16-17H,2-3,6-9,11-12H2,1H3. The van der Waals surface area contributed by atoms with E-state index in [1.807, 2.05) is 6.20 Å². The van der Waals surface area contributed by atoms with Crippen molar-refractivity contribution in [1.29, 1.82) is 0 Å². The van der Waals surface area contributed by atoms with Gasteiger partial charge in [0.2, 0.25) is 0 Å². The van der Waals surface area contributed by atoms with E-state index in [1.54, 1.807) is 0 Å². The van der Waals surface area contributed by atoms with E-state index in [0.29, 0.717) is 0 Å². The summed E-state index contributed by atoms with van der Waals surface area (Å²) in [5, 5.41) is 3.53. The molecule has 1 atom stereocenters. The number of pyridine rings is 1. The van der Waals surface area contributed by atoms with Gasteiger partial charge in [0.1, 0.15) is 0 Å². The van der Waals surface area contributed by atoms with E-state index in [-0.39, 0.29) is 0 Å². The Morgan fingerprint density at radius 2 is 2.21 bits per heavy atom. The highest BCUT2D eigenvalue weighted by Gasteiger charge is 2.30. The maximum atomic E-state index is 4.42. The van der Waals surface area contributed by atoms with E-state index in [4.69, 9.17) is 0 Å². The van der Waals surface area contributed by atoms with Gasteiger partial charge < -0.3 is 5.32 Å². The van der Waals surface area contributed by atoms with E-state index in [9.17, 15) is 0 Å². The first kappa shape index (κ1) is 13.1. The summed E-state index contributed by atoms with van der Waals surface area (Å²) >= 11 is 0. The fourth-order valence-corrected chi connectivity index (χ4v) is 3.02. The summed E-state index contributed by atoms with van der Waals surface area (Å²) in [7, 11) is 0. The van der Waals surface area contributed by atoms with E-state index in [0.717, 1.165) is 24.2 Å². The summed E-state index contributed by atoms with van der Waals surface area (Å²) in [6.45, 7) is 6.80. The third-order valence-corrected chi connectivity index (χ3v) is 4.31. The van der Waals surface area contributed by atoms with Crippen LogP contribution in [-0.4, -0.2) is 35.6 Å². The molecule has 0 radical (unpaired) electrons. The zero-order valence-corrected chi connectivity index (χ0v) is 11.9. The van der Waals surface area contributed by atoms with Crippen molar-refractivity contribution < 1.29 is 0 Å². The Morgan fingerprint density at radius 1 is 1.32 bits per heavy atom. The maximum absolute atomic E-state index is 4.42. The van der Waals surface area contributed by atoms with E-state index in [1.165, 1.54) is 50.9 Å². The van der Waals surface area contributed by atoms with Crippen molar-refractivity contribution in [2.24, 2.45) is 5.92 Å². The summed E-state index contributed by atoms with van der Waals surface area (Å²) in [5.41, 5.74) is 2.47. The predicted molar refractivity (Wildman–Crippen MR) is 78.0 cm³/mol. The molecule has 1 aliphatic carbocycles.